The molecule has 2 N–H and O–H groups in total. The van der Waals surface area contributed by atoms with Gasteiger partial charge in [0.25, 0.3) is 0 Å². The molecule has 0 unspecified atom stereocenters. The maximum atomic E-state index is 11.0. The van der Waals surface area contributed by atoms with Crippen LogP contribution in [-0.2, 0) is 4.79 Å². The van der Waals surface area contributed by atoms with Gasteiger partial charge in [0.05, 0.1) is 12.0 Å². The number of aliphatic hydroxyl groups excluding tert-OH is 1. The number of aliphatic carboxylic acids is 1. The van der Waals surface area contributed by atoms with Crippen molar-refractivity contribution in [3.63, 3.8) is 0 Å². The Hall–Kier alpha value is -0.570. The maximum Gasteiger partial charge on any atom is 0.306 e. The van der Waals surface area contributed by atoms with Crippen molar-refractivity contribution in [2.75, 3.05) is 0 Å². The minimum Gasteiger partial charge on any atom is -0.481 e. The van der Waals surface area contributed by atoms with Crippen LogP contribution in [0.4, 0.5) is 0 Å². The molecule has 0 saturated heterocycles. The Morgan fingerprint density at radius 2 is 1.71 bits per heavy atom. The summed E-state index contributed by atoms with van der Waals surface area (Å²) in [4.78, 5) is 11.0. The molecule has 3 nitrogen and oxygen atoms in total. The molecule has 2 aliphatic carbocycles. The van der Waals surface area contributed by atoms with E-state index in [2.05, 4.69) is 0 Å². The maximum absolute atomic E-state index is 11.0. The largest absolute Gasteiger partial charge is 0.481 e. The van der Waals surface area contributed by atoms with Crippen LogP contribution < -0.4 is 0 Å². The first kappa shape index (κ1) is 9.97. The number of rotatable bonds is 1. The number of hydrogen-bond donors (Lipinski definition) is 2. The first-order valence-corrected chi connectivity index (χ1v) is 5.61. The van der Waals surface area contributed by atoms with Crippen LogP contribution in [0.15, 0.2) is 0 Å². The summed E-state index contributed by atoms with van der Waals surface area (Å²) in [5.74, 6) is -0.492. The second kappa shape index (κ2) is 3.89. The van der Waals surface area contributed by atoms with Crippen LogP contribution in [0.5, 0.6) is 0 Å². The van der Waals surface area contributed by atoms with Crippen molar-refractivity contribution in [3.05, 3.63) is 0 Å². The molecule has 0 aliphatic heterocycles. The van der Waals surface area contributed by atoms with Crippen LogP contribution in [0.3, 0.4) is 0 Å². The van der Waals surface area contributed by atoms with E-state index in [-0.39, 0.29) is 17.9 Å². The van der Waals surface area contributed by atoms with E-state index in [1.807, 2.05) is 0 Å². The first-order valence-electron chi connectivity index (χ1n) is 5.61. The lowest BCUT2D eigenvalue weighted by Crippen LogP contribution is -2.43. The third kappa shape index (κ3) is 1.65. The quantitative estimate of drug-likeness (QED) is 0.673. The van der Waals surface area contributed by atoms with E-state index < -0.39 is 5.97 Å². The predicted molar refractivity (Wildman–Crippen MR) is 51.8 cm³/mol. The fourth-order valence-electron chi connectivity index (χ4n) is 3.30. The summed E-state index contributed by atoms with van der Waals surface area (Å²) in [6.07, 6.45) is 5.50. The number of fused-ring (bicyclic) bond motifs is 1. The van der Waals surface area contributed by atoms with E-state index in [1.165, 1.54) is 0 Å². The van der Waals surface area contributed by atoms with Gasteiger partial charge in [-0.25, -0.2) is 0 Å². The van der Waals surface area contributed by atoms with E-state index in [4.69, 9.17) is 5.11 Å². The molecule has 0 amide bonds. The highest BCUT2D eigenvalue weighted by molar-refractivity contribution is 5.70. The van der Waals surface area contributed by atoms with Crippen LogP contribution >= 0.6 is 0 Å². The Bertz CT molecular complexity index is 225. The number of carbonyl (C=O) groups is 1. The van der Waals surface area contributed by atoms with E-state index in [9.17, 15) is 9.90 Å². The van der Waals surface area contributed by atoms with Gasteiger partial charge >= 0.3 is 5.97 Å². The molecule has 80 valence electrons. The second-order valence-electron chi connectivity index (χ2n) is 4.71. The molecule has 3 heteroatoms. The molecule has 0 spiro atoms. The average molecular weight is 198 g/mol. The zero-order valence-corrected chi connectivity index (χ0v) is 8.35. The fraction of sp³-hybridized carbons (Fsp3) is 0.909. The third-order valence-corrected chi connectivity index (χ3v) is 3.94. The van der Waals surface area contributed by atoms with Gasteiger partial charge in [0.2, 0.25) is 0 Å². The van der Waals surface area contributed by atoms with Gasteiger partial charge in [0.15, 0.2) is 0 Å². The Morgan fingerprint density at radius 3 is 2.36 bits per heavy atom. The fourth-order valence-corrected chi connectivity index (χ4v) is 3.30. The van der Waals surface area contributed by atoms with Crippen molar-refractivity contribution < 1.29 is 15.0 Å². The monoisotopic (exact) mass is 198 g/mol. The molecule has 0 bridgehead atoms. The summed E-state index contributed by atoms with van der Waals surface area (Å²) < 4.78 is 0. The van der Waals surface area contributed by atoms with Crippen molar-refractivity contribution in [2.24, 2.45) is 17.8 Å². The first-order chi connectivity index (χ1) is 6.70. The SMILES string of the molecule is O=C(O)[C@@H]1CCC[C@@H]2CCC[C@H](O)[C@H]21. The lowest BCUT2D eigenvalue weighted by atomic mass is 9.64. The number of hydrogen-bond acceptors (Lipinski definition) is 2. The molecule has 2 rings (SSSR count). The van der Waals surface area contributed by atoms with E-state index in [1.54, 1.807) is 0 Å². The predicted octanol–water partition coefficient (Wildman–Crippen LogP) is 1.65. The normalized spacial score (nSPS) is 42.9. The van der Waals surface area contributed by atoms with Crippen molar-refractivity contribution >= 4 is 5.97 Å². The van der Waals surface area contributed by atoms with Crippen LogP contribution in [0.1, 0.15) is 38.5 Å². The Morgan fingerprint density at radius 1 is 1.07 bits per heavy atom. The zero-order chi connectivity index (χ0) is 10.1. The van der Waals surface area contributed by atoms with Crippen molar-refractivity contribution in [1.82, 2.24) is 0 Å². The Labute approximate surface area is 84.1 Å². The van der Waals surface area contributed by atoms with Crippen LogP contribution in [-0.4, -0.2) is 22.3 Å². The highest BCUT2D eigenvalue weighted by atomic mass is 16.4. The third-order valence-electron chi connectivity index (χ3n) is 3.94. The number of aliphatic hydroxyl groups is 1. The molecule has 2 aliphatic rings. The van der Waals surface area contributed by atoms with Gasteiger partial charge < -0.3 is 10.2 Å². The Kier molecular flexibility index (Phi) is 2.77. The topological polar surface area (TPSA) is 57.5 Å². The Balaban J connectivity index is 2.14. The number of carboxylic acids is 1. The van der Waals surface area contributed by atoms with Crippen LogP contribution in [0, 0.1) is 17.8 Å². The van der Waals surface area contributed by atoms with Crippen molar-refractivity contribution in [3.8, 4) is 0 Å². The van der Waals surface area contributed by atoms with Crippen LogP contribution in [0.25, 0.3) is 0 Å². The van der Waals surface area contributed by atoms with E-state index in [0.29, 0.717) is 5.92 Å². The molecule has 0 aromatic rings. The minimum atomic E-state index is -0.708. The van der Waals surface area contributed by atoms with Crippen molar-refractivity contribution in [2.45, 2.75) is 44.6 Å². The number of carboxylic acid groups (broad SMARTS) is 1. The van der Waals surface area contributed by atoms with Gasteiger partial charge in [-0.3, -0.25) is 4.79 Å². The standard InChI is InChI=1S/C11H18O3/c12-9-6-2-4-7-3-1-5-8(10(7)9)11(13)14/h7-10,12H,1-6H2,(H,13,14)/t7-,8-,9+,10-/m1/s1. The van der Waals surface area contributed by atoms with E-state index >= 15 is 0 Å². The molecule has 2 fully saturated rings. The summed E-state index contributed by atoms with van der Waals surface area (Å²) in [6, 6.07) is 0. The summed E-state index contributed by atoms with van der Waals surface area (Å²) in [5, 5.41) is 18.9. The molecular formula is C11H18O3. The van der Waals surface area contributed by atoms with Crippen molar-refractivity contribution in [1.29, 1.82) is 0 Å². The molecule has 4 atom stereocenters. The van der Waals surface area contributed by atoms with Gasteiger partial charge in [-0.1, -0.05) is 19.3 Å². The van der Waals surface area contributed by atoms with Gasteiger partial charge in [0, 0.05) is 5.92 Å². The summed E-state index contributed by atoms with van der Waals surface area (Å²) >= 11 is 0. The van der Waals surface area contributed by atoms with Gasteiger partial charge in [0.1, 0.15) is 0 Å². The summed E-state index contributed by atoms with van der Waals surface area (Å²) in [6.45, 7) is 0. The van der Waals surface area contributed by atoms with Crippen LogP contribution in [0.2, 0.25) is 0 Å². The molecule has 0 aromatic carbocycles. The van der Waals surface area contributed by atoms with Gasteiger partial charge in [-0.2, -0.15) is 0 Å². The average Bonchev–Trinajstić information content (AvgIpc) is 2.17. The molecule has 0 heterocycles. The van der Waals surface area contributed by atoms with E-state index in [0.717, 1.165) is 38.5 Å². The second-order valence-corrected chi connectivity index (χ2v) is 4.71. The summed E-state index contributed by atoms with van der Waals surface area (Å²) in [7, 11) is 0. The highest BCUT2D eigenvalue weighted by Gasteiger charge is 2.43. The molecular weight excluding hydrogens is 180 g/mol. The van der Waals surface area contributed by atoms with Gasteiger partial charge in [-0.15, -0.1) is 0 Å². The zero-order valence-electron chi connectivity index (χ0n) is 8.35. The molecule has 0 aromatic heterocycles. The highest BCUT2D eigenvalue weighted by Crippen LogP contribution is 2.43. The molecule has 14 heavy (non-hydrogen) atoms. The minimum absolute atomic E-state index is 0.0370. The molecule has 2 saturated carbocycles. The summed E-state index contributed by atoms with van der Waals surface area (Å²) in [5.41, 5.74) is 0. The molecule has 0 radical (unpaired) electrons. The van der Waals surface area contributed by atoms with Gasteiger partial charge in [-0.05, 0) is 25.2 Å². The smallest absolute Gasteiger partial charge is 0.306 e. The lowest BCUT2D eigenvalue weighted by Gasteiger charge is -2.42. The lowest BCUT2D eigenvalue weighted by molar-refractivity contribution is -0.150.